The molecule has 0 spiro atoms. The van der Waals surface area contributed by atoms with Gasteiger partial charge in [0.25, 0.3) is 0 Å². The second-order valence-corrected chi connectivity index (χ2v) is 1.68. The number of hydrogen-bond acceptors (Lipinski definition) is 2. The Labute approximate surface area is 79.5 Å². The van der Waals surface area contributed by atoms with Crippen LogP contribution in [0.1, 0.15) is 1.43 Å². The van der Waals surface area contributed by atoms with Crippen molar-refractivity contribution in [2.75, 3.05) is 0 Å². The summed E-state index contributed by atoms with van der Waals surface area (Å²) in [6.07, 6.45) is 0. The first-order chi connectivity index (χ1) is 2.56. The summed E-state index contributed by atoms with van der Waals surface area (Å²) >= 11 is 0. The normalized spacial score (nSPS) is 8.88. The third-order valence-corrected chi connectivity index (χ3v) is 0.270. The largest absolute Gasteiger partial charge is 1.00 e. The van der Waals surface area contributed by atoms with E-state index in [1.807, 2.05) is 0 Å². The standard InChI is InChI=1S/Al.FH2O4P.Na.4H/c;1-5-6(2,3)4;;;;;/h;(H2,2,3,4);;;;;/q;;+1;;;;-1. The monoisotopic (exact) mass is 170 g/mol. The topological polar surface area (TPSA) is 66.8 Å². The maximum absolute atomic E-state index is 10.2. The van der Waals surface area contributed by atoms with Crippen molar-refractivity contribution < 1.29 is 54.6 Å². The Hall–Kier alpha value is 1.57. The summed E-state index contributed by atoms with van der Waals surface area (Å²) in [7, 11) is -4.81. The minimum absolute atomic E-state index is 0. The Balaban J connectivity index is -0.0000000417. The molecule has 0 atom stereocenters. The molecule has 0 saturated heterocycles. The van der Waals surface area contributed by atoms with Crippen LogP contribution in [0.3, 0.4) is 0 Å². The van der Waals surface area contributed by atoms with E-state index in [1.54, 1.807) is 0 Å². The van der Waals surface area contributed by atoms with E-state index in [1.165, 1.54) is 0 Å². The van der Waals surface area contributed by atoms with Gasteiger partial charge in [-0.1, -0.05) is 4.73 Å². The summed E-state index contributed by atoms with van der Waals surface area (Å²) in [6, 6.07) is 0. The van der Waals surface area contributed by atoms with Crippen LogP contribution >= 0.6 is 7.82 Å². The maximum Gasteiger partial charge on any atom is 1.00 e. The summed E-state index contributed by atoms with van der Waals surface area (Å²) in [5.74, 6) is 0. The van der Waals surface area contributed by atoms with Crippen LogP contribution in [0.5, 0.6) is 0 Å². The molecule has 8 heavy (non-hydrogen) atoms. The first kappa shape index (κ1) is 16.3. The first-order valence-electron chi connectivity index (χ1n) is 0.919. The predicted octanol–water partition coefficient (Wildman–Crippen LogP) is -4.09. The molecule has 0 aliphatic heterocycles. The van der Waals surface area contributed by atoms with Gasteiger partial charge in [-0.05, 0) is 4.53 Å². The predicted molar refractivity (Wildman–Crippen MR) is 25.3 cm³/mol. The number of hydrogen-bond donors (Lipinski definition) is 2. The van der Waals surface area contributed by atoms with Gasteiger partial charge < -0.3 is 11.2 Å². The van der Waals surface area contributed by atoms with Crippen molar-refractivity contribution in [3.63, 3.8) is 0 Å². The summed E-state index contributed by atoms with van der Waals surface area (Å²) in [6.45, 7) is 0. The Morgan fingerprint density at radius 3 is 1.75 bits per heavy atom. The fourth-order valence-corrected chi connectivity index (χ4v) is 0. The molecule has 0 aromatic heterocycles. The second kappa shape index (κ2) is 6.69. The van der Waals surface area contributed by atoms with Crippen molar-refractivity contribution in [2.24, 2.45) is 0 Å². The van der Waals surface area contributed by atoms with Gasteiger partial charge in [0.2, 0.25) is 0 Å². The van der Waals surface area contributed by atoms with Crippen molar-refractivity contribution in [1.82, 2.24) is 0 Å². The number of halogens is 1. The molecule has 0 unspecified atom stereocenters. The molecule has 0 rings (SSSR count). The molecule has 0 bridgehead atoms. The van der Waals surface area contributed by atoms with Crippen molar-refractivity contribution in [2.45, 2.75) is 0 Å². The summed E-state index contributed by atoms with van der Waals surface area (Å²) < 4.78 is 21.4. The van der Waals surface area contributed by atoms with Gasteiger partial charge in [0.15, 0.2) is 17.4 Å². The average molecular weight is 170 g/mol. The molecule has 4 nitrogen and oxygen atoms in total. The van der Waals surface area contributed by atoms with Gasteiger partial charge in [-0.25, -0.2) is 4.57 Å². The molecule has 0 heterocycles. The molecule has 0 aromatic carbocycles. The molecule has 0 fully saturated rings. The van der Waals surface area contributed by atoms with Crippen molar-refractivity contribution in [3.05, 3.63) is 0 Å². The van der Waals surface area contributed by atoms with Crippen LogP contribution in [-0.2, 0) is 9.29 Å². The molecule has 2 N–H and O–H groups in total. The van der Waals surface area contributed by atoms with Gasteiger partial charge in [-0.15, -0.1) is 0 Å². The van der Waals surface area contributed by atoms with Crippen LogP contribution in [-0.4, -0.2) is 27.1 Å². The molecular weight excluding hydrogens is 164 g/mol. The molecule has 0 amide bonds. The average Bonchev–Trinajstić information content (AvgIpc) is 1.35. The molecular formula is H6AlFNaO4P. The minimum atomic E-state index is -4.81. The Morgan fingerprint density at radius 2 is 1.75 bits per heavy atom. The Morgan fingerprint density at radius 1 is 1.62 bits per heavy atom. The van der Waals surface area contributed by atoms with Crippen molar-refractivity contribution >= 4 is 25.2 Å². The van der Waals surface area contributed by atoms with Crippen LogP contribution < -0.4 is 29.6 Å². The van der Waals surface area contributed by atoms with Crippen LogP contribution in [0.25, 0.3) is 0 Å². The summed E-state index contributed by atoms with van der Waals surface area (Å²) in [4.78, 5) is 14.7. The van der Waals surface area contributed by atoms with E-state index in [2.05, 4.69) is 4.73 Å². The molecule has 0 aliphatic rings. The zero-order valence-electron chi connectivity index (χ0n) is 4.54. The van der Waals surface area contributed by atoms with Gasteiger partial charge in [0.1, 0.15) is 0 Å². The maximum atomic E-state index is 10.2. The second-order valence-electron chi connectivity index (χ2n) is 0.560. The first-order valence-corrected chi connectivity index (χ1v) is 2.45. The zero-order valence-corrected chi connectivity index (χ0v) is 6.43. The van der Waals surface area contributed by atoms with Crippen LogP contribution in [0.4, 0.5) is 4.53 Å². The molecule has 0 saturated carbocycles. The van der Waals surface area contributed by atoms with Gasteiger partial charge in [-0.3, -0.25) is 0 Å². The third-order valence-electron chi connectivity index (χ3n) is 0.0899. The molecule has 0 radical (unpaired) electrons. The van der Waals surface area contributed by atoms with E-state index in [4.69, 9.17) is 14.4 Å². The van der Waals surface area contributed by atoms with Crippen LogP contribution in [0.2, 0.25) is 0 Å². The SMILES string of the molecule is O=P(O)(O)OF.[AlH3].[H-].[Na+]. The van der Waals surface area contributed by atoms with Gasteiger partial charge in [0, 0.05) is 0 Å². The van der Waals surface area contributed by atoms with E-state index >= 15 is 0 Å². The van der Waals surface area contributed by atoms with Crippen LogP contribution in [0, 0.1) is 0 Å². The van der Waals surface area contributed by atoms with E-state index < -0.39 is 7.82 Å². The molecule has 46 valence electrons. The smallest absolute Gasteiger partial charge is 1.00 e. The molecule has 8 heteroatoms. The Kier molecular flexibility index (Phi) is 13.6. The van der Waals surface area contributed by atoms with E-state index in [0.717, 1.165) is 0 Å². The summed E-state index contributed by atoms with van der Waals surface area (Å²) in [5.41, 5.74) is 0. The van der Waals surface area contributed by atoms with Gasteiger partial charge >= 0.3 is 37.4 Å². The minimum Gasteiger partial charge on any atom is -1.00 e. The van der Waals surface area contributed by atoms with E-state index in [0.29, 0.717) is 0 Å². The Bertz CT molecular complexity index is 84.6. The van der Waals surface area contributed by atoms with E-state index in [-0.39, 0.29) is 48.3 Å². The fraction of sp³-hybridized carbons (Fsp3) is 0. The van der Waals surface area contributed by atoms with Crippen LogP contribution in [0.15, 0.2) is 0 Å². The summed E-state index contributed by atoms with van der Waals surface area (Å²) in [5, 5.41) is 0. The fourth-order valence-electron chi connectivity index (χ4n) is 0. The number of phosphoric acid groups is 1. The quantitative estimate of drug-likeness (QED) is 0.310. The van der Waals surface area contributed by atoms with Gasteiger partial charge in [-0.2, -0.15) is 0 Å². The third kappa shape index (κ3) is 15.6. The molecule has 0 aromatic rings. The zero-order chi connectivity index (χ0) is 5.21. The van der Waals surface area contributed by atoms with Crippen molar-refractivity contribution in [3.8, 4) is 0 Å². The molecule has 0 aliphatic carbocycles. The van der Waals surface area contributed by atoms with E-state index in [9.17, 15) is 4.53 Å². The van der Waals surface area contributed by atoms with Gasteiger partial charge in [0.05, 0.1) is 0 Å². The number of rotatable bonds is 1. The van der Waals surface area contributed by atoms with Crippen molar-refractivity contribution in [1.29, 1.82) is 0 Å².